The summed E-state index contributed by atoms with van der Waals surface area (Å²) in [5, 5.41) is 3.02. The number of hydrogen-bond acceptors (Lipinski definition) is 5. The van der Waals surface area contributed by atoms with Crippen LogP contribution in [0.3, 0.4) is 0 Å². The zero-order valence-corrected chi connectivity index (χ0v) is 22.3. The van der Waals surface area contributed by atoms with Gasteiger partial charge in [0, 0.05) is 0 Å². The molecule has 7 nitrogen and oxygen atoms in total. The molecular formula is C28H32N2O5S. The Bertz CT molecular complexity index is 1400. The van der Waals surface area contributed by atoms with Gasteiger partial charge in [-0.25, -0.2) is 8.42 Å². The standard InChI is InChI=1S/C28H32N2O5S/c1-17-7-12-25-26(13-17)35-27(16-30(25)36(32,33)23-10-8-22(34-6)9-11-23)28(31)29-21(5)24-15-19(3)18(2)14-20(24)4/h7-15,21,27H,16H2,1-6H3,(H,29,31)/t21-,27+/m1/s1. The van der Waals surface area contributed by atoms with Gasteiger partial charge in [-0.1, -0.05) is 18.2 Å². The second kappa shape index (κ2) is 9.85. The lowest BCUT2D eigenvalue weighted by atomic mass is 9.96. The fourth-order valence-corrected chi connectivity index (χ4v) is 5.91. The van der Waals surface area contributed by atoms with Crippen molar-refractivity contribution in [2.45, 2.75) is 51.7 Å². The van der Waals surface area contributed by atoms with E-state index in [1.54, 1.807) is 24.3 Å². The summed E-state index contributed by atoms with van der Waals surface area (Å²) in [5.74, 6) is 0.538. The van der Waals surface area contributed by atoms with Crippen molar-refractivity contribution in [1.82, 2.24) is 5.32 Å². The average Bonchev–Trinajstić information content (AvgIpc) is 2.85. The summed E-state index contributed by atoms with van der Waals surface area (Å²) >= 11 is 0. The van der Waals surface area contributed by atoms with Gasteiger partial charge in [0.25, 0.3) is 15.9 Å². The van der Waals surface area contributed by atoms with Crippen LogP contribution in [0.15, 0.2) is 59.5 Å². The second-order valence-corrected chi connectivity index (χ2v) is 11.2. The SMILES string of the molecule is COc1ccc(S(=O)(=O)N2C[C@@H](C(=O)N[C@H](C)c3cc(C)c(C)cc3C)Oc3cc(C)ccc32)cc1. The average molecular weight is 509 g/mol. The lowest BCUT2D eigenvalue weighted by Crippen LogP contribution is -2.51. The van der Waals surface area contributed by atoms with Gasteiger partial charge >= 0.3 is 0 Å². The Labute approximate surface area is 213 Å². The summed E-state index contributed by atoms with van der Waals surface area (Å²) in [5.41, 5.74) is 5.74. The van der Waals surface area contributed by atoms with E-state index in [1.807, 2.05) is 33.8 Å². The number of aryl methyl sites for hydroxylation is 4. The van der Waals surface area contributed by atoms with Crippen molar-refractivity contribution >= 4 is 21.6 Å². The van der Waals surface area contributed by atoms with E-state index in [0.717, 1.165) is 22.3 Å². The lowest BCUT2D eigenvalue weighted by molar-refractivity contribution is -0.128. The molecule has 0 spiro atoms. The van der Waals surface area contributed by atoms with Crippen LogP contribution in [-0.2, 0) is 14.8 Å². The van der Waals surface area contributed by atoms with Gasteiger partial charge in [0.1, 0.15) is 11.5 Å². The Hall–Kier alpha value is -3.52. The van der Waals surface area contributed by atoms with E-state index in [9.17, 15) is 13.2 Å². The largest absolute Gasteiger partial charge is 0.497 e. The Balaban J connectivity index is 1.64. The number of amides is 1. The molecule has 0 bridgehead atoms. The first kappa shape index (κ1) is 25.6. The smallest absolute Gasteiger partial charge is 0.264 e. The van der Waals surface area contributed by atoms with Crippen LogP contribution >= 0.6 is 0 Å². The molecule has 0 radical (unpaired) electrons. The van der Waals surface area contributed by atoms with Crippen molar-refractivity contribution in [2.24, 2.45) is 0 Å². The monoisotopic (exact) mass is 508 g/mol. The first-order valence-electron chi connectivity index (χ1n) is 11.8. The Morgan fingerprint density at radius 1 is 1.00 bits per heavy atom. The van der Waals surface area contributed by atoms with Crippen LogP contribution in [0.5, 0.6) is 11.5 Å². The van der Waals surface area contributed by atoms with Crippen LogP contribution in [0, 0.1) is 27.7 Å². The molecule has 0 unspecified atom stereocenters. The Kier molecular flexibility index (Phi) is 7.00. The van der Waals surface area contributed by atoms with Crippen molar-refractivity contribution in [3.63, 3.8) is 0 Å². The van der Waals surface area contributed by atoms with E-state index in [2.05, 4.69) is 24.4 Å². The topological polar surface area (TPSA) is 84.9 Å². The summed E-state index contributed by atoms with van der Waals surface area (Å²) in [7, 11) is -2.44. The minimum atomic E-state index is -3.96. The first-order valence-corrected chi connectivity index (χ1v) is 13.3. The predicted molar refractivity (Wildman–Crippen MR) is 140 cm³/mol. The van der Waals surface area contributed by atoms with Crippen LogP contribution in [0.2, 0.25) is 0 Å². The van der Waals surface area contributed by atoms with E-state index in [0.29, 0.717) is 17.2 Å². The van der Waals surface area contributed by atoms with Crippen LogP contribution in [0.1, 0.15) is 40.8 Å². The van der Waals surface area contributed by atoms with Gasteiger partial charge in [-0.2, -0.15) is 0 Å². The number of hydrogen-bond donors (Lipinski definition) is 1. The van der Waals surface area contributed by atoms with Crippen LogP contribution in [0.25, 0.3) is 0 Å². The number of sulfonamides is 1. The van der Waals surface area contributed by atoms with E-state index >= 15 is 0 Å². The third-order valence-electron chi connectivity index (χ3n) is 6.63. The van der Waals surface area contributed by atoms with Gasteiger partial charge in [0.05, 0.1) is 30.3 Å². The molecule has 0 saturated carbocycles. The highest BCUT2D eigenvalue weighted by atomic mass is 32.2. The number of nitrogens with zero attached hydrogens (tertiary/aromatic N) is 1. The van der Waals surface area contributed by atoms with Gasteiger partial charge in [-0.3, -0.25) is 9.10 Å². The normalized spacial score (nSPS) is 16.1. The predicted octanol–water partition coefficient (Wildman–Crippen LogP) is 4.76. The molecule has 190 valence electrons. The first-order chi connectivity index (χ1) is 17.0. The molecule has 8 heteroatoms. The van der Waals surface area contributed by atoms with Crippen molar-refractivity contribution in [3.8, 4) is 11.5 Å². The molecule has 36 heavy (non-hydrogen) atoms. The molecule has 0 saturated heterocycles. The number of carbonyl (C=O) groups is 1. The summed E-state index contributed by atoms with van der Waals surface area (Å²) in [6.07, 6.45) is -1.01. The minimum absolute atomic E-state index is 0.106. The Morgan fingerprint density at radius 2 is 1.67 bits per heavy atom. The number of anilines is 1. The second-order valence-electron chi connectivity index (χ2n) is 9.31. The number of methoxy groups -OCH3 is 1. The summed E-state index contributed by atoms with van der Waals surface area (Å²) in [6, 6.07) is 15.4. The van der Waals surface area contributed by atoms with Gasteiger partial charge in [0.15, 0.2) is 6.10 Å². The number of nitrogens with one attached hydrogen (secondary N) is 1. The fraction of sp³-hybridized carbons (Fsp3) is 0.321. The Morgan fingerprint density at radius 3 is 2.33 bits per heavy atom. The van der Waals surface area contributed by atoms with Crippen LogP contribution in [-0.4, -0.2) is 34.1 Å². The van der Waals surface area contributed by atoms with Gasteiger partial charge < -0.3 is 14.8 Å². The third-order valence-corrected chi connectivity index (χ3v) is 8.43. The lowest BCUT2D eigenvalue weighted by Gasteiger charge is -2.35. The van der Waals surface area contributed by atoms with Crippen molar-refractivity contribution in [1.29, 1.82) is 0 Å². The van der Waals surface area contributed by atoms with Gasteiger partial charge in [-0.15, -0.1) is 0 Å². The van der Waals surface area contributed by atoms with E-state index in [-0.39, 0.29) is 23.4 Å². The van der Waals surface area contributed by atoms with Crippen molar-refractivity contribution in [2.75, 3.05) is 18.0 Å². The molecule has 0 aliphatic carbocycles. The third kappa shape index (κ3) is 4.91. The fourth-order valence-electron chi connectivity index (χ4n) is 4.43. The maximum Gasteiger partial charge on any atom is 0.264 e. The zero-order chi connectivity index (χ0) is 26.2. The molecule has 1 amide bonds. The maximum atomic E-state index is 13.7. The number of ether oxygens (including phenoxy) is 2. The molecule has 4 rings (SSSR count). The molecule has 3 aromatic carbocycles. The van der Waals surface area contributed by atoms with Crippen molar-refractivity contribution in [3.05, 3.63) is 82.4 Å². The molecule has 1 aliphatic heterocycles. The number of rotatable bonds is 6. The van der Waals surface area contributed by atoms with E-state index in [1.165, 1.54) is 29.1 Å². The molecule has 1 heterocycles. The molecular weight excluding hydrogens is 476 g/mol. The number of carbonyl (C=O) groups excluding carboxylic acids is 1. The van der Waals surface area contributed by atoms with Crippen LogP contribution in [0.4, 0.5) is 5.69 Å². The van der Waals surface area contributed by atoms with Gasteiger partial charge in [0.2, 0.25) is 0 Å². The highest BCUT2D eigenvalue weighted by Gasteiger charge is 2.38. The summed E-state index contributed by atoms with van der Waals surface area (Å²) in [6.45, 7) is 9.78. The van der Waals surface area contributed by atoms with Crippen molar-refractivity contribution < 1.29 is 22.7 Å². The maximum absolute atomic E-state index is 13.7. The van der Waals surface area contributed by atoms with Crippen LogP contribution < -0.4 is 19.1 Å². The minimum Gasteiger partial charge on any atom is -0.497 e. The summed E-state index contributed by atoms with van der Waals surface area (Å²) in [4.78, 5) is 13.5. The molecule has 1 N–H and O–H groups in total. The van der Waals surface area contributed by atoms with Gasteiger partial charge in [-0.05, 0) is 98.8 Å². The quantitative estimate of drug-likeness (QED) is 0.519. The summed E-state index contributed by atoms with van der Waals surface area (Å²) < 4.78 is 39.8. The molecule has 0 aromatic heterocycles. The molecule has 2 atom stereocenters. The zero-order valence-electron chi connectivity index (χ0n) is 21.5. The highest BCUT2D eigenvalue weighted by Crippen LogP contribution is 2.38. The van der Waals surface area contributed by atoms with E-state index < -0.39 is 16.1 Å². The van der Waals surface area contributed by atoms with E-state index in [4.69, 9.17) is 9.47 Å². The highest BCUT2D eigenvalue weighted by molar-refractivity contribution is 7.92. The number of fused-ring (bicyclic) bond motifs is 1. The number of benzene rings is 3. The molecule has 1 aliphatic rings. The molecule has 3 aromatic rings. The molecule has 0 fully saturated rings.